The smallest absolute Gasteiger partial charge is 0.261 e. The van der Waals surface area contributed by atoms with E-state index >= 15 is 0 Å². The Bertz CT molecular complexity index is 1140. The topological polar surface area (TPSA) is 75.3 Å². The van der Waals surface area contributed by atoms with Crippen LogP contribution < -0.4 is 10.0 Å². The first kappa shape index (κ1) is 20.9. The van der Waals surface area contributed by atoms with E-state index < -0.39 is 10.0 Å². The maximum Gasteiger partial charge on any atom is 0.261 e. The number of benzene rings is 3. The fraction of sp³-hybridized carbons (Fsp3) is 0.136. The number of carbonyl (C=O) groups excluding carboxylic acids is 1. The third kappa shape index (κ3) is 5.16. The fourth-order valence-corrected chi connectivity index (χ4v) is 4.11. The first-order chi connectivity index (χ1) is 13.8. The van der Waals surface area contributed by atoms with Crippen LogP contribution >= 0.6 is 11.6 Å². The van der Waals surface area contributed by atoms with Crippen LogP contribution in [0.3, 0.4) is 0 Å². The number of anilines is 1. The highest BCUT2D eigenvalue weighted by Gasteiger charge is 2.17. The number of amides is 1. The zero-order chi connectivity index (χ0) is 21.0. The highest BCUT2D eigenvalue weighted by molar-refractivity contribution is 7.92. The highest BCUT2D eigenvalue weighted by Crippen LogP contribution is 2.26. The van der Waals surface area contributed by atoms with Gasteiger partial charge in [-0.15, -0.1) is 0 Å². The molecule has 0 aliphatic heterocycles. The molecule has 0 atom stereocenters. The van der Waals surface area contributed by atoms with Gasteiger partial charge in [0.05, 0.1) is 15.6 Å². The van der Waals surface area contributed by atoms with Crippen LogP contribution in [0.4, 0.5) is 5.69 Å². The minimum atomic E-state index is -3.77. The maximum atomic E-state index is 12.5. The van der Waals surface area contributed by atoms with E-state index in [2.05, 4.69) is 10.0 Å². The van der Waals surface area contributed by atoms with Gasteiger partial charge in [-0.25, -0.2) is 8.42 Å². The highest BCUT2D eigenvalue weighted by atomic mass is 35.5. The predicted octanol–water partition coefficient (Wildman–Crippen LogP) is 4.69. The Hall–Kier alpha value is -2.83. The Morgan fingerprint density at radius 3 is 2.31 bits per heavy atom. The van der Waals surface area contributed by atoms with E-state index in [1.807, 2.05) is 38.1 Å². The van der Waals surface area contributed by atoms with Crippen LogP contribution in [0.2, 0.25) is 5.02 Å². The summed E-state index contributed by atoms with van der Waals surface area (Å²) in [6.07, 6.45) is 0. The van der Waals surface area contributed by atoms with Crippen molar-refractivity contribution in [2.45, 2.75) is 25.3 Å². The summed E-state index contributed by atoms with van der Waals surface area (Å²) in [6.45, 7) is 4.25. The summed E-state index contributed by atoms with van der Waals surface area (Å²) in [6, 6.07) is 18.7. The van der Waals surface area contributed by atoms with E-state index in [1.54, 1.807) is 12.1 Å². The molecule has 0 unspecified atom stereocenters. The van der Waals surface area contributed by atoms with Crippen LogP contribution in [0.25, 0.3) is 0 Å². The van der Waals surface area contributed by atoms with Crippen LogP contribution in [0, 0.1) is 13.8 Å². The summed E-state index contributed by atoms with van der Waals surface area (Å²) in [4.78, 5) is 12.6. The molecule has 3 aromatic carbocycles. The standard InChI is InChI=1S/C22H21ClN2O3S/c1-15-7-10-19(11-8-15)29(27,28)25-21-12-9-17(13-20(21)23)22(26)24-14-18-6-4-3-5-16(18)2/h3-13,25H,14H2,1-2H3,(H,24,26). The summed E-state index contributed by atoms with van der Waals surface area (Å²) in [5.41, 5.74) is 3.63. The van der Waals surface area contributed by atoms with E-state index in [9.17, 15) is 13.2 Å². The molecule has 0 spiro atoms. The van der Waals surface area contributed by atoms with Crippen molar-refractivity contribution < 1.29 is 13.2 Å². The summed E-state index contributed by atoms with van der Waals surface area (Å²) >= 11 is 6.23. The predicted molar refractivity (Wildman–Crippen MR) is 116 cm³/mol. The lowest BCUT2D eigenvalue weighted by molar-refractivity contribution is 0.0951. The Balaban J connectivity index is 1.72. The minimum absolute atomic E-state index is 0.138. The number of aryl methyl sites for hydroxylation is 2. The van der Waals surface area contributed by atoms with E-state index in [1.165, 1.54) is 30.3 Å². The molecule has 0 heterocycles. The van der Waals surface area contributed by atoms with Gasteiger partial charge in [-0.05, 0) is 55.3 Å². The second-order valence-electron chi connectivity index (χ2n) is 6.72. The number of halogens is 1. The molecule has 0 aliphatic carbocycles. The van der Waals surface area contributed by atoms with Crippen LogP contribution in [0.15, 0.2) is 71.6 Å². The van der Waals surface area contributed by atoms with Gasteiger partial charge < -0.3 is 5.32 Å². The van der Waals surface area contributed by atoms with E-state index in [4.69, 9.17) is 11.6 Å². The van der Waals surface area contributed by atoms with Gasteiger partial charge in [-0.3, -0.25) is 9.52 Å². The molecule has 2 N–H and O–H groups in total. The Morgan fingerprint density at radius 1 is 0.966 bits per heavy atom. The van der Waals surface area contributed by atoms with Crippen molar-refractivity contribution in [3.8, 4) is 0 Å². The third-order valence-electron chi connectivity index (χ3n) is 4.51. The largest absolute Gasteiger partial charge is 0.348 e. The lowest BCUT2D eigenvalue weighted by Gasteiger charge is -2.12. The van der Waals surface area contributed by atoms with Crippen molar-refractivity contribution in [1.82, 2.24) is 5.32 Å². The molecule has 29 heavy (non-hydrogen) atoms. The molecule has 0 radical (unpaired) electrons. The molecular formula is C22H21ClN2O3S. The Kier molecular flexibility index (Phi) is 6.25. The molecule has 150 valence electrons. The average Bonchev–Trinajstić information content (AvgIpc) is 2.69. The second kappa shape index (κ2) is 8.68. The van der Waals surface area contributed by atoms with Crippen molar-refractivity contribution in [1.29, 1.82) is 0 Å². The van der Waals surface area contributed by atoms with Gasteiger partial charge >= 0.3 is 0 Å². The Labute approximate surface area is 175 Å². The monoisotopic (exact) mass is 428 g/mol. The molecule has 0 aliphatic rings. The number of hydrogen-bond donors (Lipinski definition) is 2. The molecule has 0 saturated heterocycles. The number of sulfonamides is 1. The molecule has 0 fully saturated rings. The molecule has 1 amide bonds. The number of carbonyl (C=O) groups is 1. The zero-order valence-corrected chi connectivity index (χ0v) is 17.6. The third-order valence-corrected chi connectivity index (χ3v) is 6.20. The van der Waals surface area contributed by atoms with Gasteiger partial charge in [0.1, 0.15) is 0 Å². The average molecular weight is 429 g/mol. The van der Waals surface area contributed by atoms with Crippen LogP contribution in [0.5, 0.6) is 0 Å². The summed E-state index contributed by atoms with van der Waals surface area (Å²) in [5.74, 6) is -0.289. The fourth-order valence-electron chi connectivity index (χ4n) is 2.75. The van der Waals surface area contributed by atoms with E-state index in [0.717, 1.165) is 16.7 Å². The van der Waals surface area contributed by atoms with Gasteiger partial charge in [-0.1, -0.05) is 53.6 Å². The lowest BCUT2D eigenvalue weighted by Crippen LogP contribution is -2.23. The van der Waals surface area contributed by atoms with Crippen molar-refractivity contribution >= 4 is 33.2 Å². The molecule has 7 heteroatoms. The molecular weight excluding hydrogens is 408 g/mol. The molecule has 0 bridgehead atoms. The van der Waals surface area contributed by atoms with Gasteiger partial charge in [0.25, 0.3) is 15.9 Å². The van der Waals surface area contributed by atoms with Gasteiger partial charge in [-0.2, -0.15) is 0 Å². The SMILES string of the molecule is Cc1ccc(S(=O)(=O)Nc2ccc(C(=O)NCc3ccccc3C)cc2Cl)cc1. The van der Waals surface area contributed by atoms with Crippen LogP contribution in [-0.4, -0.2) is 14.3 Å². The summed E-state index contributed by atoms with van der Waals surface area (Å²) in [5, 5.41) is 2.99. The summed E-state index contributed by atoms with van der Waals surface area (Å²) in [7, 11) is -3.77. The van der Waals surface area contributed by atoms with Crippen LogP contribution in [0.1, 0.15) is 27.0 Å². The molecule has 0 saturated carbocycles. The normalized spacial score (nSPS) is 11.1. The van der Waals surface area contributed by atoms with Gasteiger partial charge in [0.15, 0.2) is 0 Å². The van der Waals surface area contributed by atoms with Crippen molar-refractivity contribution in [3.63, 3.8) is 0 Å². The molecule has 0 aromatic heterocycles. The van der Waals surface area contributed by atoms with Gasteiger partial charge in [0, 0.05) is 12.1 Å². The Morgan fingerprint density at radius 2 is 1.66 bits per heavy atom. The first-order valence-electron chi connectivity index (χ1n) is 8.98. The van der Waals surface area contributed by atoms with Crippen molar-refractivity contribution in [2.75, 3.05) is 4.72 Å². The number of rotatable bonds is 6. The minimum Gasteiger partial charge on any atom is -0.348 e. The number of nitrogens with one attached hydrogen (secondary N) is 2. The quantitative estimate of drug-likeness (QED) is 0.598. The maximum absolute atomic E-state index is 12.5. The van der Waals surface area contributed by atoms with Crippen molar-refractivity contribution in [3.05, 3.63) is 94.0 Å². The molecule has 5 nitrogen and oxygen atoms in total. The summed E-state index contributed by atoms with van der Waals surface area (Å²) < 4.78 is 27.5. The van der Waals surface area contributed by atoms with E-state index in [-0.39, 0.29) is 21.5 Å². The zero-order valence-electron chi connectivity index (χ0n) is 16.1. The van der Waals surface area contributed by atoms with E-state index in [0.29, 0.717) is 12.1 Å². The van der Waals surface area contributed by atoms with Crippen LogP contribution in [-0.2, 0) is 16.6 Å². The lowest BCUT2D eigenvalue weighted by atomic mass is 10.1. The number of hydrogen-bond acceptors (Lipinski definition) is 3. The molecule has 3 rings (SSSR count). The molecule has 3 aromatic rings. The van der Waals surface area contributed by atoms with Crippen molar-refractivity contribution in [2.24, 2.45) is 0 Å². The second-order valence-corrected chi connectivity index (χ2v) is 8.81. The first-order valence-corrected chi connectivity index (χ1v) is 10.8. The van der Waals surface area contributed by atoms with Gasteiger partial charge in [0.2, 0.25) is 0 Å².